The summed E-state index contributed by atoms with van der Waals surface area (Å²) in [7, 11) is 0. The van der Waals surface area contributed by atoms with E-state index in [0.717, 1.165) is 47.1 Å². The molecule has 1 amide bonds. The van der Waals surface area contributed by atoms with Crippen molar-refractivity contribution in [1.82, 2.24) is 20.5 Å². The molecular weight excluding hydrogens is 300 g/mol. The highest BCUT2D eigenvalue weighted by Crippen LogP contribution is 2.35. The van der Waals surface area contributed by atoms with Gasteiger partial charge in [-0.05, 0) is 54.5 Å². The van der Waals surface area contributed by atoms with E-state index < -0.39 is 0 Å². The summed E-state index contributed by atoms with van der Waals surface area (Å²) >= 11 is 0. The van der Waals surface area contributed by atoms with Gasteiger partial charge in [0.1, 0.15) is 0 Å². The number of carbonyl (C=O) groups excluding carboxylic acids is 1. The van der Waals surface area contributed by atoms with Crippen LogP contribution in [0.3, 0.4) is 0 Å². The molecule has 5 nitrogen and oxygen atoms in total. The van der Waals surface area contributed by atoms with Crippen LogP contribution < -0.4 is 5.32 Å². The number of benzene rings is 1. The first-order valence-corrected chi connectivity index (χ1v) is 8.59. The van der Waals surface area contributed by atoms with Crippen molar-refractivity contribution in [1.29, 1.82) is 0 Å². The van der Waals surface area contributed by atoms with Gasteiger partial charge >= 0.3 is 0 Å². The lowest BCUT2D eigenvalue weighted by atomic mass is 10.0. The Morgan fingerprint density at radius 3 is 3.00 bits per heavy atom. The molecule has 2 aromatic heterocycles. The monoisotopic (exact) mass is 322 g/mol. The Hall–Kier alpha value is -2.56. The van der Waals surface area contributed by atoms with Crippen LogP contribution in [-0.4, -0.2) is 27.6 Å². The van der Waals surface area contributed by atoms with Crippen LogP contribution in [0.5, 0.6) is 0 Å². The quantitative estimate of drug-likeness (QED) is 0.691. The molecule has 1 aromatic carbocycles. The van der Waals surface area contributed by atoms with Crippen molar-refractivity contribution in [2.24, 2.45) is 5.92 Å². The standard InChI is InChI=1S/C19H22N4O/c1-11(2)9-20-19(24)12-6-7-16-15(8-12)14-5-3-4-13-10-21-23-17(13)18(14)22-16/h6-8,10-11,22H,3-5,9H2,1-2H3,(H,20,24)(H,21,23). The van der Waals surface area contributed by atoms with Gasteiger partial charge in [-0.2, -0.15) is 5.10 Å². The summed E-state index contributed by atoms with van der Waals surface area (Å²) in [6.45, 7) is 4.88. The van der Waals surface area contributed by atoms with Crippen LogP contribution in [0.15, 0.2) is 24.4 Å². The highest BCUT2D eigenvalue weighted by atomic mass is 16.1. The molecule has 5 heteroatoms. The number of rotatable bonds is 3. The zero-order chi connectivity index (χ0) is 16.7. The summed E-state index contributed by atoms with van der Waals surface area (Å²) in [4.78, 5) is 15.9. The zero-order valence-corrected chi connectivity index (χ0v) is 14.1. The molecule has 0 saturated heterocycles. The number of aryl methyl sites for hydroxylation is 2. The molecule has 0 aliphatic heterocycles. The highest BCUT2D eigenvalue weighted by molar-refractivity contribution is 6.00. The third kappa shape index (κ3) is 2.50. The molecule has 0 bridgehead atoms. The largest absolute Gasteiger partial charge is 0.353 e. The van der Waals surface area contributed by atoms with E-state index in [4.69, 9.17) is 0 Å². The lowest BCUT2D eigenvalue weighted by molar-refractivity contribution is 0.0949. The fourth-order valence-electron chi connectivity index (χ4n) is 3.43. The van der Waals surface area contributed by atoms with Crippen molar-refractivity contribution in [3.63, 3.8) is 0 Å². The van der Waals surface area contributed by atoms with E-state index in [9.17, 15) is 4.79 Å². The van der Waals surface area contributed by atoms with E-state index in [2.05, 4.69) is 34.3 Å². The van der Waals surface area contributed by atoms with E-state index in [0.29, 0.717) is 12.5 Å². The van der Waals surface area contributed by atoms with Crippen LogP contribution in [0, 0.1) is 5.92 Å². The Morgan fingerprint density at radius 1 is 1.29 bits per heavy atom. The minimum absolute atomic E-state index is 0.00333. The first-order chi connectivity index (χ1) is 11.6. The van der Waals surface area contributed by atoms with Crippen molar-refractivity contribution in [3.8, 4) is 11.4 Å². The second-order valence-corrected chi connectivity index (χ2v) is 6.97. The lowest BCUT2D eigenvalue weighted by Crippen LogP contribution is -2.27. The average Bonchev–Trinajstić information content (AvgIpc) is 3.13. The number of nitrogens with one attached hydrogen (secondary N) is 3. The zero-order valence-electron chi connectivity index (χ0n) is 14.1. The van der Waals surface area contributed by atoms with Crippen LogP contribution in [0.4, 0.5) is 0 Å². The van der Waals surface area contributed by atoms with Gasteiger partial charge in [0, 0.05) is 23.0 Å². The maximum atomic E-state index is 12.4. The normalized spacial score (nSPS) is 13.6. The molecule has 24 heavy (non-hydrogen) atoms. The third-order valence-corrected chi connectivity index (χ3v) is 4.68. The van der Waals surface area contributed by atoms with Gasteiger partial charge in [0.15, 0.2) is 0 Å². The van der Waals surface area contributed by atoms with Gasteiger partial charge in [0.2, 0.25) is 0 Å². The molecule has 2 heterocycles. The molecule has 0 radical (unpaired) electrons. The van der Waals surface area contributed by atoms with Crippen LogP contribution in [-0.2, 0) is 12.8 Å². The van der Waals surface area contributed by atoms with E-state index >= 15 is 0 Å². The van der Waals surface area contributed by atoms with Gasteiger partial charge < -0.3 is 10.3 Å². The number of nitrogens with zero attached hydrogens (tertiary/aromatic N) is 1. The first kappa shape index (κ1) is 15.0. The van der Waals surface area contributed by atoms with Crippen molar-refractivity contribution < 1.29 is 4.79 Å². The Balaban J connectivity index is 1.76. The Morgan fingerprint density at radius 2 is 2.17 bits per heavy atom. The fourth-order valence-corrected chi connectivity index (χ4v) is 3.43. The topological polar surface area (TPSA) is 73.6 Å². The van der Waals surface area contributed by atoms with E-state index in [1.807, 2.05) is 24.4 Å². The number of aromatic amines is 2. The summed E-state index contributed by atoms with van der Waals surface area (Å²) in [6.07, 6.45) is 5.05. The van der Waals surface area contributed by atoms with E-state index in [1.165, 1.54) is 11.1 Å². The SMILES string of the molecule is CC(C)CNC(=O)c1ccc2[nH]c3c(c2c1)CCCc1cn[nH]c1-3. The summed E-state index contributed by atoms with van der Waals surface area (Å²) < 4.78 is 0. The van der Waals surface area contributed by atoms with E-state index in [-0.39, 0.29) is 5.91 Å². The molecule has 1 aliphatic rings. The predicted molar refractivity (Wildman–Crippen MR) is 95.1 cm³/mol. The number of hydrogen-bond acceptors (Lipinski definition) is 2. The average molecular weight is 322 g/mol. The summed E-state index contributed by atoms with van der Waals surface area (Å²) in [5.74, 6) is 0.441. The Labute approximate surface area is 140 Å². The molecule has 0 fully saturated rings. The van der Waals surface area contributed by atoms with Crippen molar-refractivity contribution in [2.75, 3.05) is 6.54 Å². The Kier molecular flexibility index (Phi) is 3.63. The van der Waals surface area contributed by atoms with Crippen molar-refractivity contribution >= 4 is 16.8 Å². The van der Waals surface area contributed by atoms with Gasteiger partial charge in [-0.25, -0.2) is 0 Å². The second-order valence-electron chi connectivity index (χ2n) is 6.97. The fraction of sp³-hybridized carbons (Fsp3) is 0.368. The van der Waals surface area contributed by atoms with Gasteiger partial charge in [0.05, 0.1) is 17.6 Å². The van der Waals surface area contributed by atoms with Crippen LogP contribution in [0.25, 0.3) is 22.3 Å². The minimum atomic E-state index is -0.00333. The molecular formula is C19H22N4O. The maximum Gasteiger partial charge on any atom is 0.251 e. The molecule has 3 N–H and O–H groups in total. The number of aromatic nitrogens is 3. The van der Waals surface area contributed by atoms with Gasteiger partial charge in [-0.1, -0.05) is 13.8 Å². The van der Waals surface area contributed by atoms with Crippen LogP contribution >= 0.6 is 0 Å². The van der Waals surface area contributed by atoms with Crippen molar-refractivity contribution in [2.45, 2.75) is 33.1 Å². The maximum absolute atomic E-state index is 12.4. The summed E-state index contributed by atoms with van der Waals surface area (Å²) in [5, 5.41) is 11.5. The van der Waals surface area contributed by atoms with Crippen molar-refractivity contribution in [3.05, 3.63) is 41.1 Å². The Bertz CT molecular complexity index is 903. The predicted octanol–water partition coefficient (Wildman–Crippen LogP) is 3.43. The van der Waals surface area contributed by atoms with Gasteiger partial charge in [-0.3, -0.25) is 9.89 Å². The molecule has 4 rings (SSSR count). The highest BCUT2D eigenvalue weighted by Gasteiger charge is 2.21. The number of carbonyl (C=O) groups is 1. The van der Waals surface area contributed by atoms with E-state index in [1.54, 1.807) is 0 Å². The molecule has 1 aliphatic carbocycles. The molecule has 0 atom stereocenters. The molecule has 0 unspecified atom stereocenters. The molecule has 0 saturated carbocycles. The van der Waals surface area contributed by atoms with Gasteiger partial charge in [-0.15, -0.1) is 0 Å². The summed E-state index contributed by atoms with van der Waals surface area (Å²) in [5.41, 5.74) is 6.54. The van der Waals surface area contributed by atoms with Gasteiger partial charge in [0.25, 0.3) is 5.91 Å². The van der Waals surface area contributed by atoms with Crippen LogP contribution in [0.1, 0.15) is 41.8 Å². The second kappa shape index (κ2) is 5.82. The smallest absolute Gasteiger partial charge is 0.251 e. The summed E-state index contributed by atoms with van der Waals surface area (Å²) in [6, 6.07) is 5.91. The molecule has 3 aromatic rings. The third-order valence-electron chi connectivity index (χ3n) is 4.68. The number of hydrogen-bond donors (Lipinski definition) is 3. The lowest BCUT2D eigenvalue weighted by Gasteiger charge is -2.08. The first-order valence-electron chi connectivity index (χ1n) is 8.59. The number of fused-ring (bicyclic) bond motifs is 5. The molecule has 124 valence electrons. The van der Waals surface area contributed by atoms with Crippen LogP contribution in [0.2, 0.25) is 0 Å². The number of amides is 1. The minimum Gasteiger partial charge on any atom is -0.353 e. The number of H-pyrrole nitrogens is 2. The molecule has 0 spiro atoms.